The van der Waals surface area contributed by atoms with E-state index in [0.29, 0.717) is 0 Å². The maximum absolute atomic E-state index is 13.6. The minimum Gasteiger partial charge on any atom is -0.375 e. The summed E-state index contributed by atoms with van der Waals surface area (Å²) in [5.74, 6) is -0.638. The van der Waals surface area contributed by atoms with Crippen LogP contribution in [0.15, 0.2) is 29.9 Å². The maximum atomic E-state index is 13.6. The Balaban J connectivity index is 2.17. The number of hydrogen-bond donors (Lipinski definition) is 1. The molecule has 18 heavy (non-hydrogen) atoms. The zero-order chi connectivity index (χ0) is 13.1. The monoisotopic (exact) mass is 267 g/mol. The molecule has 0 aliphatic heterocycles. The van der Waals surface area contributed by atoms with Crippen molar-refractivity contribution in [1.82, 2.24) is 4.98 Å². The molecule has 1 aromatic heterocycles. The highest BCUT2D eigenvalue weighted by Gasteiger charge is 2.13. The van der Waals surface area contributed by atoms with Crippen molar-refractivity contribution in [1.29, 1.82) is 0 Å². The number of benzene rings is 1. The average molecular weight is 267 g/mol. The van der Waals surface area contributed by atoms with Crippen LogP contribution >= 0.6 is 11.3 Å². The Bertz CT molecular complexity index is 559. The number of non-ortho nitro benzene ring substituents is 1. The minimum absolute atomic E-state index is 0.103. The number of rotatable bonds is 4. The van der Waals surface area contributed by atoms with Gasteiger partial charge in [-0.2, -0.15) is 0 Å². The van der Waals surface area contributed by atoms with Gasteiger partial charge in [0.05, 0.1) is 28.2 Å². The molecule has 0 saturated carbocycles. The van der Waals surface area contributed by atoms with Crippen LogP contribution in [0.25, 0.3) is 0 Å². The first-order chi connectivity index (χ1) is 8.58. The summed E-state index contributed by atoms with van der Waals surface area (Å²) in [5, 5.41) is 13.4. The minimum atomic E-state index is -0.638. The molecule has 1 heterocycles. The van der Waals surface area contributed by atoms with Gasteiger partial charge in [0.2, 0.25) is 0 Å². The molecular formula is C11H10FN3O2S. The first-order valence-electron chi connectivity index (χ1n) is 5.17. The molecule has 5 nitrogen and oxygen atoms in total. The van der Waals surface area contributed by atoms with Gasteiger partial charge in [0.15, 0.2) is 5.82 Å². The first-order valence-corrected chi connectivity index (χ1v) is 6.05. The first kappa shape index (κ1) is 12.4. The summed E-state index contributed by atoms with van der Waals surface area (Å²) in [6.45, 7) is 1.87. The van der Waals surface area contributed by atoms with Crippen LogP contribution < -0.4 is 5.32 Å². The molecule has 2 aromatic rings. The Morgan fingerprint density at radius 2 is 2.33 bits per heavy atom. The number of thiazole rings is 1. The molecule has 0 aliphatic rings. The second-order valence-electron chi connectivity index (χ2n) is 3.69. The number of hydrogen-bond acceptors (Lipinski definition) is 5. The van der Waals surface area contributed by atoms with Gasteiger partial charge >= 0.3 is 0 Å². The van der Waals surface area contributed by atoms with Gasteiger partial charge in [0.25, 0.3) is 5.69 Å². The van der Waals surface area contributed by atoms with E-state index in [-0.39, 0.29) is 17.4 Å². The molecule has 0 radical (unpaired) electrons. The van der Waals surface area contributed by atoms with E-state index in [0.717, 1.165) is 10.9 Å². The zero-order valence-corrected chi connectivity index (χ0v) is 10.3. The normalized spacial score (nSPS) is 12.1. The molecule has 1 aromatic carbocycles. The lowest BCUT2D eigenvalue weighted by atomic mass is 10.2. The predicted molar refractivity (Wildman–Crippen MR) is 67.2 cm³/mol. The topological polar surface area (TPSA) is 68.1 Å². The summed E-state index contributed by atoms with van der Waals surface area (Å²) in [6.07, 6.45) is 1.70. The van der Waals surface area contributed by atoms with Crippen molar-refractivity contribution in [3.63, 3.8) is 0 Å². The Morgan fingerprint density at radius 3 is 2.89 bits per heavy atom. The van der Waals surface area contributed by atoms with Crippen molar-refractivity contribution in [2.24, 2.45) is 0 Å². The Kier molecular flexibility index (Phi) is 3.52. The number of nitro groups is 1. The summed E-state index contributed by atoms with van der Waals surface area (Å²) in [7, 11) is 0. The van der Waals surface area contributed by atoms with E-state index in [9.17, 15) is 14.5 Å². The highest BCUT2D eigenvalue weighted by atomic mass is 32.1. The lowest BCUT2D eigenvalue weighted by Crippen LogP contribution is -2.06. The second-order valence-corrected chi connectivity index (χ2v) is 4.61. The van der Waals surface area contributed by atoms with Gasteiger partial charge in [-0.05, 0) is 13.0 Å². The number of nitrogens with one attached hydrogen (secondary N) is 1. The van der Waals surface area contributed by atoms with Crippen molar-refractivity contribution in [2.45, 2.75) is 13.0 Å². The van der Waals surface area contributed by atoms with E-state index in [1.165, 1.54) is 23.5 Å². The molecule has 0 spiro atoms. The van der Waals surface area contributed by atoms with Crippen LogP contribution in [-0.2, 0) is 0 Å². The molecule has 0 fully saturated rings. The van der Waals surface area contributed by atoms with Gasteiger partial charge < -0.3 is 5.32 Å². The SMILES string of the molecule is CC(Nc1ccc([N+](=O)[O-])cc1F)c1cncs1. The van der Waals surface area contributed by atoms with E-state index >= 15 is 0 Å². The molecule has 1 atom stereocenters. The molecule has 94 valence electrons. The molecule has 0 aliphatic carbocycles. The van der Waals surface area contributed by atoms with Crippen LogP contribution in [-0.4, -0.2) is 9.91 Å². The number of nitro benzene ring substituents is 1. The maximum Gasteiger partial charge on any atom is 0.272 e. The Labute approximate surface area is 106 Å². The number of nitrogens with zero attached hydrogens (tertiary/aromatic N) is 2. The third kappa shape index (κ3) is 2.62. The fourth-order valence-corrected chi connectivity index (χ4v) is 2.11. The standard InChI is InChI=1S/C11H10FN3O2S/c1-7(11-5-13-6-18-11)14-10-3-2-8(15(16)17)4-9(10)12/h2-7,14H,1H3. The van der Waals surface area contributed by atoms with E-state index in [2.05, 4.69) is 10.3 Å². The number of aromatic nitrogens is 1. The van der Waals surface area contributed by atoms with Crippen LogP contribution in [0.3, 0.4) is 0 Å². The van der Waals surface area contributed by atoms with Crippen LogP contribution in [0.5, 0.6) is 0 Å². The predicted octanol–water partition coefficient (Wildman–Crippen LogP) is 3.36. The third-order valence-corrected chi connectivity index (χ3v) is 3.37. The van der Waals surface area contributed by atoms with Crippen molar-refractivity contribution >= 4 is 22.7 Å². The van der Waals surface area contributed by atoms with Gasteiger partial charge in [-0.25, -0.2) is 4.39 Å². The van der Waals surface area contributed by atoms with E-state index in [1.807, 2.05) is 6.92 Å². The Morgan fingerprint density at radius 1 is 1.56 bits per heavy atom. The molecule has 0 bridgehead atoms. The summed E-state index contributed by atoms with van der Waals surface area (Å²) in [4.78, 5) is 14.8. The molecular weight excluding hydrogens is 257 g/mol. The third-order valence-electron chi connectivity index (χ3n) is 2.41. The van der Waals surface area contributed by atoms with Gasteiger partial charge in [-0.15, -0.1) is 11.3 Å². The summed E-state index contributed by atoms with van der Waals surface area (Å²) in [5.41, 5.74) is 1.67. The van der Waals surface area contributed by atoms with Crippen LogP contribution in [0.4, 0.5) is 15.8 Å². The molecule has 1 unspecified atom stereocenters. The van der Waals surface area contributed by atoms with Gasteiger partial charge in [-0.3, -0.25) is 15.1 Å². The van der Waals surface area contributed by atoms with Gasteiger partial charge in [-0.1, -0.05) is 0 Å². The average Bonchev–Trinajstić information content (AvgIpc) is 2.85. The summed E-state index contributed by atoms with van der Waals surface area (Å²) < 4.78 is 13.6. The highest BCUT2D eigenvalue weighted by Crippen LogP contribution is 2.26. The largest absolute Gasteiger partial charge is 0.375 e. The van der Waals surface area contributed by atoms with Crippen molar-refractivity contribution < 1.29 is 9.31 Å². The number of anilines is 1. The quantitative estimate of drug-likeness (QED) is 0.681. The van der Waals surface area contributed by atoms with E-state index < -0.39 is 10.7 Å². The number of halogens is 1. The van der Waals surface area contributed by atoms with E-state index in [1.54, 1.807) is 11.7 Å². The zero-order valence-electron chi connectivity index (χ0n) is 9.46. The smallest absolute Gasteiger partial charge is 0.272 e. The van der Waals surface area contributed by atoms with Crippen LogP contribution in [0, 0.1) is 15.9 Å². The van der Waals surface area contributed by atoms with Gasteiger partial charge in [0, 0.05) is 17.1 Å². The Hall–Kier alpha value is -2.02. The molecule has 0 saturated heterocycles. The molecule has 2 rings (SSSR count). The van der Waals surface area contributed by atoms with Gasteiger partial charge in [0.1, 0.15) is 0 Å². The summed E-state index contributed by atoms with van der Waals surface area (Å²) in [6, 6.07) is 3.44. The lowest BCUT2D eigenvalue weighted by molar-refractivity contribution is -0.385. The molecule has 7 heteroatoms. The van der Waals surface area contributed by atoms with Crippen LogP contribution in [0.2, 0.25) is 0 Å². The molecule has 1 N–H and O–H groups in total. The van der Waals surface area contributed by atoms with Crippen molar-refractivity contribution in [3.05, 3.63) is 50.7 Å². The van der Waals surface area contributed by atoms with E-state index in [4.69, 9.17) is 0 Å². The fourth-order valence-electron chi connectivity index (χ4n) is 1.48. The fraction of sp³-hybridized carbons (Fsp3) is 0.182. The highest BCUT2D eigenvalue weighted by molar-refractivity contribution is 7.09. The van der Waals surface area contributed by atoms with Crippen molar-refractivity contribution in [3.8, 4) is 0 Å². The lowest BCUT2D eigenvalue weighted by Gasteiger charge is -2.13. The van der Waals surface area contributed by atoms with Crippen molar-refractivity contribution in [2.75, 3.05) is 5.32 Å². The van der Waals surface area contributed by atoms with Crippen LogP contribution in [0.1, 0.15) is 17.8 Å². The second kappa shape index (κ2) is 5.09. The molecule has 0 amide bonds. The summed E-state index contributed by atoms with van der Waals surface area (Å²) >= 11 is 1.46.